The highest BCUT2D eigenvalue weighted by Crippen LogP contribution is 2.14. The first-order valence-corrected chi connectivity index (χ1v) is 6.19. The van der Waals surface area contributed by atoms with Gasteiger partial charge in [-0.25, -0.2) is 4.79 Å². The van der Waals surface area contributed by atoms with Crippen LogP contribution in [0.2, 0.25) is 0 Å². The molecule has 21 heavy (non-hydrogen) atoms. The van der Waals surface area contributed by atoms with Gasteiger partial charge < -0.3 is 15.2 Å². The summed E-state index contributed by atoms with van der Waals surface area (Å²) >= 11 is 0. The number of allylic oxidation sites excluding steroid dienone is 3. The van der Waals surface area contributed by atoms with E-state index in [4.69, 9.17) is 0 Å². The molecule has 0 aliphatic rings. The van der Waals surface area contributed by atoms with Gasteiger partial charge >= 0.3 is 5.69 Å². The van der Waals surface area contributed by atoms with Crippen LogP contribution in [0.5, 0.6) is 0 Å². The molecule has 0 saturated heterocycles. The molecule has 0 amide bonds. The lowest BCUT2D eigenvalue weighted by molar-refractivity contribution is 0.384. The molecule has 0 aliphatic carbocycles. The van der Waals surface area contributed by atoms with Crippen molar-refractivity contribution in [1.29, 1.82) is 0 Å². The number of nitrogens with zero attached hydrogens (tertiary/aromatic N) is 2. The van der Waals surface area contributed by atoms with E-state index in [1.165, 1.54) is 16.9 Å². The van der Waals surface area contributed by atoms with E-state index >= 15 is 0 Å². The molecule has 0 aliphatic heterocycles. The number of rotatable bonds is 6. The lowest BCUT2D eigenvalue weighted by atomic mass is 10.2. The maximum Gasteiger partial charge on any atom is 0.326 e. The molecule has 6 heteroatoms. The van der Waals surface area contributed by atoms with Crippen molar-refractivity contribution >= 4 is 6.21 Å². The summed E-state index contributed by atoms with van der Waals surface area (Å²) in [7, 11) is 0. The topological polar surface area (TPSA) is 90.6 Å². The van der Waals surface area contributed by atoms with E-state index in [0.717, 1.165) is 0 Å². The molecule has 1 heterocycles. The maximum absolute atomic E-state index is 12.0. The van der Waals surface area contributed by atoms with Gasteiger partial charge in [-0.15, -0.1) is 0 Å². The molecule has 1 aromatic rings. The van der Waals surface area contributed by atoms with Gasteiger partial charge in [-0.3, -0.25) is 9.56 Å². The molecule has 0 atom stereocenters. The summed E-state index contributed by atoms with van der Waals surface area (Å²) in [5.74, 6) is -0.552. The van der Waals surface area contributed by atoms with E-state index in [1.54, 1.807) is 13.8 Å². The van der Waals surface area contributed by atoms with Crippen LogP contribution in [0.15, 0.2) is 58.4 Å². The second kappa shape index (κ2) is 6.60. The van der Waals surface area contributed by atoms with Gasteiger partial charge in [-0.05, 0) is 19.9 Å². The Morgan fingerprint density at radius 2 is 2.05 bits per heavy atom. The molecule has 0 bridgehead atoms. The Morgan fingerprint density at radius 1 is 1.43 bits per heavy atom. The Morgan fingerprint density at radius 3 is 2.52 bits per heavy atom. The molecule has 6 nitrogen and oxygen atoms in total. The first kappa shape index (κ1) is 16.3. The smallest absolute Gasteiger partial charge is 0.326 e. The van der Waals surface area contributed by atoms with Gasteiger partial charge in [0.05, 0.1) is 24.0 Å². The third-order valence-corrected chi connectivity index (χ3v) is 2.86. The monoisotopic (exact) mass is 289 g/mol. The Bertz CT molecular complexity index is 702. The summed E-state index contributed by atoms with van der Waals surface area (Å²) in [6.07, 6.45) is 2.67. The van der Waals surface area contributed by atoms with Gasteiger partial charge in [0.15, 0.2) is 0 Å². The van der Waals surface area contributed by atoms with Crippen molar-refractivity contribution in [2.24, 2.45) is 4.99 Å². The minimum Gasteiger partial charge on any atom is -0.508 e. The van der Waals surface area contributed by atoms with Crippen molar-refractivity contribution in [3.05, 3.63) is 70.5 Å². The van der Waals surface area contributed by atoms with E-state index in [2.05, 4.69) is 29.7 Å². The summed E-state index contributed by atoms with van der Waals surface area (Å²) in [4.78, 5) is 18.6. The minimum atomic E-state index is -0.383. The molecule has 1 aromatic heterocycles. The van der Waals surface area contributed by atoms with Crippen molar-refractivity contribution in [3.63, 3.8) is 0 Å². The Labute approximate surface area is 122 Å². The van der Waals surface area contributed by atoms with Gasteiger partial charge in [0.2, 0.25) is 0 Å². The van der Waals surface area contributed by atoms with Crippen LogP contribution < -0.4 is 5.69 Å². The number of aliphatic hydroxyl groups is 2. The van der Waals surface area contributed by atoms with Crippen molar-refractivity contribution in [2.75, 3.05) is 0 Å². The number of aromatic amines is 1. The van der Waals surface area contributed by atoms with Gasteiger partial charge in [-0.1, -0.05) is 19.7 Å². The fraction of sp³-hybridized carbons (Fsp3) is 0.200. The fourth-order valence-corrected chi connectivity index (χ4v) is 1.66. The summed E-state index contributed by atoms with van der Waals surface area (Å²) in [5, 5.41) is 19.2. The lowest BCUT2D eigenvalue weighted by Crippen LogP contribution is -2.20. The number of imidazole rings is 1. The van der Waals surface area contributed by atoms with E-state index in [9.17, 15) is 15.0 Å². The Kier molecular flexibility index (Phi) is 5.12. The predicted octanol–water partition coefficient (Wildman–Crippen LogP) is 2.51. The van der Waals surface area contributed by atoms with Gasteiger partial charge in [0.25, 0.3) is 0 Å². The summed E-state index contributed by atoms with van der Waals surface area (Å²) < 4.78 is 1.36. The van der Waals surface area contributed by atoms with Crippen LogP contribution in [0, 0.1) is 6.92 Å². The van der Waals surface area contributed by atoms with Crippen molar-refractivity contribution < 1.29 is 10.2 Å². The third-order valence-electron chi connectivity index (χ3n) is 2.86. The van der Waals surface area contributed by atoms with Crippen LogP contribution in [0.1, 0.15) is 18.3 Å². The molecule has 0 saturated carbocycles. The highest BCUT2D eigenvalue weighted by molar-refractivity contribution is 5.79. The third kappa shape index (κ3) is 3.85. The van der Waals surface area contributed by atoms with Crippen LogP contribution in [0.25, 0.3) is 0 Å². The second-order valence-electron chi connectivity index (χ2n) is 4.52. The van der Waals surface area contributed by atoms with Crippen LogP contribution in [-0.2, 0) is 6.54 Å². The summed E-state index contributed by atoms with van der Waals surface area (Å²) in [5.41, 5.74) is 1.49. The van der Waals surface area contributed by atoms with E-state index < -0.39 is 0 Å². The SMILES string of the molecule is C=C/C(O)=C(/Cn1c(C)c(C=NC(=C)C)[nH]c1=O)C(=C)O. The zero-order chi connectivity index (χ0) is 16.2. The molecule has 0 unspecified atom stereocenters. The van der Waals surface area contributed by atoms with Crippen LogP contribution in [0.4, 0.5) is 0 Å². The highest BCUT2D eigenvalue weighted by atomic mass is 16.3. The molecule has 0 fully saturated rings. The van der Waals surface area contributed by atoms with Gasteiger partial charge in [0, 0.05) is 11.4 Å². The van der Waals surface area contributed by atoms with Crippen LogP contribution >= 0.6 is 0 Å². The van der Waals surface area contributed by atoms with Crippen molar-refractivity contribution in [3.8, 4) is 0 Å². The second-order valence-corrected chi connectivity index (χ2v) is 4.52. The van der Waals surface area contributed by atoms with Gasteiger partial charge in [-0.2, -0.15) is 0 Å². The first-order valence-electron chi connectivity index (χ1n) is 6.19. The zero-order valence-corrected chi connectivity index (χ0v) is 12.2. The number of aromatic nitrogens is 2. The minimum absolute atomic E-state index is 0.0325. The molecular formula is C15H19N3O3. The number of hydrogen-bond acceptors (Lipinski definition) is 4. The average molecular weight is 289 g/mol. The van der Waals surface area contributed by atoms with E-state index in [-0.39, 0.29) is 29.3 Å². The number of aliphatic imine (C=N–C) groups is 1. The van der Waals surface area contributed by atoms with Crippen LogP contribution in [0.3, 0.4) is 0 Å². The first-order chi connectivity index (χ1) is 9.77. The number of nitrogens with one attached hydrogen (secondary N) is 1. The zero-order valence-electron chi connectivity index (χ0n) is 12.2. The van der Waals surface area contributed by atoms with Crippen molar-refractivity contribution in [2.45, 2.75) is 20.4 Å². The quantitative estimate of drug-likeness (QED) is 0.427. The lowest BCUT2D eigenvalue weighted by Gasteiger charge is -2.09. The van der Waals surface area contributed by atoms with Gasteiger partial charge in [0.1, 0.15) is 11.5 Å². The molecule has 1 rings (SSSR count). The standard InChI is InChI=1S/C15H19N3O3/c1-6-14(20)12(11(5)19)8-18-10(4)13(17-15(18)21)7-16-9(2)3/h6-7,19-20H,1-2,5,8H2,3-4H3,(H,17,21)/b14-12+,16-7?. The average Bonchev–Trinajstić information content (AvgIpc) is 2.67. The van der Waals surface area contributed by atoms with E-state index in [0.29, 0.717) is 17.1 Å². The molecule has 0 spiro atoms. The van der Waals surface area contributed by atoms with Crippen molar-refractivity contribution in [1.82, 2.24) is 9.55 Å². The summed E-state index contributed by atoms with van der Waals surface area (Å²) in [6.45, 7) is 13.9. The summed E-state index contributed by atoms with van der Waals surface area (Å²) in [6, 6.07) is 0. The Balaban J connectivity index is 3.27. The highest BCUT2D eigenvalue weighted by Gasteiger charge is 2.14. The van der Waals surface area contributed by atoms with Crippen LogP contribution in [-0.4, -0.2) is 26.0 Å². The predicted molar refractivity (Wildman–Crippen MR) is 83.8 cm³/mol. The molecule has 112 valence electrons. The molecule has 0 radical (unpaired) electrons. The molecule has 0 aromatic carbocycles. The number of aliphatic hydroxyl groups excluding tert-OH is 2. The number of hydrogen-bond donors (Lipinski definition) is 3. The Hall–Kier alpha value is -2.76. The fourth-order valence-electron chi connectivity index (χ4n) is 1.66. The largest absolute Gasteiger partial charge is 0.508 e. The maximum atomic E-state index is 12.0. The molecule has 3 N–H and O–H groups in total. The normalized spacial score (nSPS) is 12.3. The molecular weight excluding hydrogens is 270 g/mol. The van der Waals surface area contributed by atoms with E-state index in [1.807, 2.05) is 0 Å². The number of H-pyrrole nitrogens is 1.